The van der Waals surface area contributed by atoms with Crippen molar-refractivity contribution in [3.8, 4) is 6.07 Å². The van der Waals surface area contributed by atoms with Crippen LogP contribution in [0.15, 0.2) is 36.4 Å². The molecule has 0 aromatic heterocycles. The van der Waals surface area contributed by atoms with Crippen LogP contribution in [0, 0.1) is 11.3 Å². The summed E-state index contributed by atoms with van der Waals surface area (Å²) in [6.45, 7) is 1.83. The van der Waals surface area contributed by atoms with E-state index in [9.17, 15) is 4.79 Å². The number of nitrogens with zero attached hydrogens (tertiary/aromatic N) is 1. The lowest BCUT2D eigenvalue weighted by Crippen LogP contribution is -2.44. The summed E-state index contributed by atoms with van der Waals surface area (Å²) in [4.78, 5) is 11.6. The average molecular weight is 257 g/mol. The fourth-order valence-electron chi connectivity index (χ4n) is 1.51. The number of rotatable bonds is 6. The van der Waals surface area contributed by atoms with Gasteiger partial charge in [-0.15, -0.1) is 0 Å². The molecule has 0 fully saturated rings. The highest BCUT2D eigenvalue weighted by molar-refractivity contribution is 5.82. The van der Waals surface area contributed by atoms with Gasteiger partial charge in [-0.05, 0) is 18.4 Å². The lowest BCUT2D eigenvalue weighted by molar-refractivity contribution is -0.122. The molecular weight excluding hydrogens is 238 g/mol. The zero-order valence-corrected chi connectivity index (χ0v) is 11.0. The summed E-state index contributed by atoms with van der Waals surface area (Å²) in [7, 11) is 0. The first-order valence-corrected chi connectivity index (χ1v) is 6.34. The van der Waals surface area contributed by atoms with Crippen molar-refractivity contribution in [2.45, 2.75) is 31.8 Å². The van der Waals surface area contributed by atoms with Crippen molar-refractivity contribution >= 4 is 12.0 Å². The summed E-state index contributed by atoms with van der Waals surface area (Å²) >= 11 is 0. The number of carbonyl (C=O) groups excluding carboxylic acids is 1. The molecule has 0 aliphatic carbocycles. The van der Waals surface area contributed by atoms with Crippen LogP contribution in [-0.2, 0) is 4.79 Å². The summed E-state index contributed by atoms with van der Waals surface area (Å²) < 4.78 is 0. The van der Waals surface area contributed by atoms with Gasteiger partial charge in [0.2, 0.25) is 5.91 Å². The molecule has 3 N–H and O–H groups in total. The first-order valence-electron chi connectivity index (χ1n) is 6.34. The molecule has 1 aromatic carbocycles. The number of carbonyl (C=O) groups is 1. The van der Waals surface area contributed by atoms with Gasteiger partial charge in [0.05, 0.1) is 12.1 Å². The standard InChI is InChI=1S/C15H19N3O/c1-2-14(17)15(19)18-13(11-16)10-6-9-12-7-4-3-5-8-12/h3-9,13-14H,2,10,17H2,1H3,(H,18,19)/t13-,14-/m0/s1. The predicted molar refractivity (Wildman–Crippen MR) is 75.9 cm³/mol. The van der Waals surface area contributed by atoms with E-state index in [0.717, 1.165) is 5.56 Å². The fourth-order valence-corrected chi connectivity index (χ4v) is 1.51. The predicted octanol–water partition coefficient (Wildman–Crippen LogP) is 1.84. The van der Waals surface area contributed by atoms with Crippen molar-refractivity contribution in [1.82, 2.24) is 5.32 Å². The Balaban J connectivity index is 2.48. The van der Waals surface area contributed by atoms with E-state index in [-0.39, 0.29) is 5.91 Å². The second kappa shape index (κ2) is 8.06. The van der Waals surface area contributed by atoms with Crippen LogP contribution < -0.4 is 11.1 Å². The SMILES string of the molecule is CC[C@H](N)C(=O)N[C@H](C#N)CC=Cc1ccccc1. The van der Waals surface area contributed by atoms with E-state index in [1.165, 1.54) is 0 Å². The van der Waals surface area contributed by atoms with Crippen molar-refractivity contribution in [2.24, 2.45) is 5.73 Å². The molecule has 4 nitrogen and oxygen atoms in total. The monoisotopic (exact) mass is 257 g/mol. The van der Waals surface area contributed by atoms with Gasteiger partial charge in [0, 0.05) is 0 Å². The molecule has 0 aliphatic heterocycles. The van der Waals surface area contributed by atoms with Gasteiger partial charge in [0.15, 0.2) is 0 Å². The minimum absolute atomic E-state index is 0.276. The summed E-state index contributed by atoms with van der Waals surface area (Å²) in [6, 6.07) is 10.8. The third kappa shape index (κ3) is 5.36. The van der Waals surface area contributed by atoms with Gasteiger partial charge in [-0.1, -0.05) is 49.4 Å². The Morgan fingerprint density at radius 3 is 2.74 bits per heavy atom. The molecule has 1 rings (SSSR count). The number of nitrogens with two attached hydrogens (primary N) is 1. The van der Waals surface area contributed by atoms with Gasteiger partial charge >= 0.3 is 0 Å². The van der Waals surface area contributed by atoms with Gasteiger partial charge < -0.3 is 11.1 Å². The molecule has 1 amide bonds. The van der Waals surface area contributed by atoms with Crippen LogP contribution in [0.1, 0.15) is 25.3 Å². The van der Waals surface area contributed by atoms with Crippen LogP contribution >= 0.6 is 0 Å². The molecule has 1 aromatic rings. The van der Waals surface area contributed by atoms with E-state index in [4.69, 9.17) is 11.0 Å². The smallest absolute Gasteiger partial charge is 0.237 e. The van der Waals surface area contributed by atoms with Gasteiger partial charge in [0.25, 0.3) is 0 Å². The summed E-state index contributed by atoms with van der Waals surface area (Å²) in [5.74, 6) is -0.276. The van der Waals surface area contributed by atoms with Crippen molar-refractivity contribution in [1.29, 1.82) is 5.26 Å². The minimum atomic E-state index is -0.547. The van der Waals surface area contributed by atoms with Crippen LogP contribution in [0.3, 0.4) is 0 Å². The topological polar surface area (TPSA) is 78.9 Å². The summed E-state index contributed by atoms with van der Waals surface area (Å²) in [5, 5.41) is 11.6. The number of benzene rings is 1. The minimum Gasteiger partial charge on any atom is -0.339 e. The van der Waals surface area contributed by atoms with Crippen molar-refractivity contribution < 1.29 is 4.79 Å². The van der Waals surface area contributed by atoms with Crippen LogP contribution in [-0.4, -0.2) is 18.0 Å². The molecule has 0 bridgehead atoms. The Hall–Kier alpha value is -2.12. The van der Waals surface area contributed by atoms with Crippen LogP contribution in [0.25, 0.3) is 6.08 Å². The lowest BCUT2D eigenvalue weighted by Gasteiger charge is -2.13. The number of hydrogen-bond donors (Lipinski definition) is 2. The molecule has 0 aliphatic rings. The molecule has 0 unspecified atom stereocenters. The second-order valence-corrected chi connectivity index (χ2v) is 4.25. The maximum Gasteiger partial charge on any atom is 0.237 e. The Morgan fingerprint density at radius 1 is 1.47 bits per heavy atom. The molecule has 0 heterocycles. The third-order valence-electron chi connectivity index (χ3n) is 2.73. The van der Waals surface area contributed by atoms with Gasteiger partial charge in [0.1, 0.15) is 6.04 Å². The van der Waals surface area contributed by atoms with Crippen LogP contribution in [0.4, 0.5) is 0 Å². The highest BCUT2D eigenvalue weighted by atomic mass is 16.2. The van der Waals surface area contributed by atoms with Gasteiger partial charge in [-0.2, -0.15) is 5.26 Å². The number of amides is 1. The highest BCUT2D eigenvalue weighted by Crippen LogP contribution is 2.03. The normalized spacial score (nSPS) is 13.7. The molecule has 19 heavy (non-hydrogen) atoms. The van der Waals surface area contributed by atoms with Crippen LogP contribution in [0.5, 0.6) is 0 Å². The van der Waals surface area contributed by atoms with E-state index < -0.39 is 12.1 Å². The van der Waals surface area contributed by atoms with E-state index in [1.54, 1.807) is 0 Å². The fraction of sp³-hybridized carbons (Fsp3) is 0.333. The molecule has 0 saturated carbocycles. The lowest BCUT2D eigenvalue weighted by atomic mass is 10.1. The maximum absolute atomic E-state index is 11.6. The van der Waals surface area contributed by atoms with Crippen molar-refractivity contribution in [2.75, 3.05) is 0 Å². The maximum atomic E-state index is 11.6. The molecule has 100 valence electrons. The summed E-state index contributed by atoms with van der Waals surface area (Å²) in [6.07, 6.45) is 4.83. The number of nitrogens with one attached hydrogen (secondary N) is 1. The van der Waals surface area contributed by atoms with E-state index >= 15 is 0 Å². The van der Waals surface area contributed by atoms with Crippen molar-refractivity contribution in [3.05, 3.63) is 42.0 Å². The Bertz CT molecular complexity index is 462. The van der Waals surface area contributed by atoms with Gasteiger partial charge in [-0.25, -0.2) is 0 Å². The summed E-state index contributed by atoms with van der Waals surface area (Å²) in [5.41, 5.74) is 6.67. The number of nitriles is 1. The third-order valence-corrected chi connectivity index (χ3v) is 2.73. The van der Waals surface area contributed by atoms with E-state index in [1.807, 2.05) is 49.4 Å². The average Bonchev–Trinajstić information content (AvgIpc) is 2.46. The zero-order chi connectivity index (χ0) is 14.1. The van der Waals surface area contributed by atoms with E-state index in [0.29, 0.717) is 12.8 Å². The molecular formula is C15H19N3O. The zero-order valence-electron chi connectivity index (χ0n) is 11.0. The van der Waals surface area contributed by atoms with Crippen LogP contribution in [0.2, 0.25) is 0 Å². The molecule has 2 atom stereocenters. The Labute approximate surface area is 113 Å². The number of hydrogen-bond acceptors (Lipinski definition) is 3. The van der Waals surface area contributed by atoms with Crippen molar-refractivity contribution in [3.63, 3.8) is 0 Å². The Kier molecular flexibility index (Phi) is 6.34. The first-order chi connectivity index (χ1) is 9.17. The highest BCUT2D eigenvalue weighted by Gasteiger charge is 2.15. The van der Waals surface area contributed by atoms with E-state index in [2.05, 4.69) is 11.4 Å². The molecule has 0 saturated heterocycles. The Morgan fingerprint density at radius 2 is 2.16 bits per heavy atom. The molecule has 0 radical (unpaired) electrons. The van der Waals surface area contributed by atoms with Gasteiger partial charge in [-0.3, -0.25) is 4.79 Å². The molecule has 4 heteroatoms. The second-order valence-electron chi connectivity index (χ2n) is 4.25. The first kappa shape index (κ1) is 14.9. The molecule has 0 spiro atoms. The quantitative estimate of drug-likeness (QED) is 0.816. The largest absolute Gasteiger partial charge is 0.339 e.